The highest BCUT2D eigenvalue weighted by molar-refractivity contribution is 5.94. The zero-order chi connectivity index (χ0) is 55.6. The van der Waals surface area contributed by atoms with Gasteiger partial charge in [-0.25, -0.2) is 0 Å². The van der Waals surface area contributed by atoms with Crippen molar-refractivity contribution in [1.29, 1.82) is 0 Å². The normalized spacial score (nSPS) is 35.0. The van der Waals surface area contributed by atoms with Gasteiger partial charge in [0.2, 0.25) is 0 Å². The molecular weight excluding hydrogens is 965 g/mol. The Balaban J connectivity index is 0.000000134. The van der Waals surface area contributed by atoms with Crippen LogP contribution in [0, 0.1) is 63.1 Å². The number of carbonyl (C=O) groups excluding carboxylic acids is 5. The first-order valence-electron chi connectivity index (χ1n) is 29.3. The Hall–Kier alpha value is -4.23. The molecule has 10 bridgehead atoms. The molecule has 13 rings (SSSR count). The fraction of sp³-hybridized carbons (Fsp3) is 0.762. The minimum Gasteiger partial charge on any atom is -0.507 e. The lowest BCUT2D eigenvalue weighted by atomic mass is 9.49. The SMILES string of the molecule is CCC(C)(C)C(=O)OC1(CC)C2CC3CC(C2)CC1C3.CCC(C)(C)C(=O)OC12CC3CC(CC(O)(C3)C1)C2.CCC(C)(C)C(=O)OC1C2CC3C(=O)OC1C3O2.CCC(C)(C)C(=O)Oc1cccc2c(O)cccc12. The summed E-state index contributed by atoms with van der Waals surface area (Å²) >= 11 is 0. The fourth-order valence-corrected chi connectivity index (χ4v) is 14.5. The molecule has 3 aliphatic heterocycles. The summed E-state index contributed by atoms with van der Waals surface area (Å²) in [5, 5.41) is 21.9. The molecule has 7 atom stereocenters. The Morgan fingerprint density at radius 1 is 0.605 bits per heavy atom. The summed E-state index contributed by atoms with van der Waals surface area (Å²) in [6, 6.07) is 10.5. The van der Waals surface area contributed by atoms with Crippen LogP contribution in [0.5, 0.6) is 11.5 Å². The number of aromatic hydroxyl groups is 1. The van der Waals surface area contributed by atoms with Gasteiger partial charge in [0.15, 0.2) is 12.2 Å². The number of esters is 5. The number of benzene rings is 2. The number of hydrogen-bond donors (Lipinski definition) is 2. The summed E-state index contributed by atoms with van der Waals surface area (Å²) < 4.78 is 34.2. The number of phenolic OH excluding ortho intramolecular Hbond substituents is 1. The van der Waals surface area contributed by atoms with Crippen LogP contribution in [0.3, 0.4) is 0 Å². The van der Waals surface area contributed by atoms with Crippen LogP contribution in [0.15, 0.2) is 36.4 Å². The number of ether oxygens (including phenoxy) is 6. The molecule has 0 aromatic heterocycles. The zero-order valence-electron chi connectivity index (χ0n) is 48.2. The molecule has 76 heavy (non-hydrogen) atoms. The van der Waals surface area contributed by atoms with Gasteiger partial charge in [0, 0.05) is 17.2 Å². The van der Waals surface area contributed by atoms with Crippen molar-refractivity contribution in [2.75, 3.05) is 0 Å². The third-order valence-corrected chi connectivity index (χ3v) is 20.5. The van der Waals surface area contributed by atoms with E-state index in [1.165, 1.54) is 38.5 Å². The van der Waals surface area contributed by atoms with E-state index in [0.717, 1.165) is 62.2 Å². The minimum absolute atomic E-state index is 0.0364. The standard InChI is InChI=1S/C18H30O2.C16H26O3.C16H18O3.C13H18O5/c1-5-17(3,4)16(19)20-18(6-2)14-8-12-7-13(10-14)11-15(18)9-12;1-4-14(2,3)13(17)19-16-8-11-5-12(9-16)7-15(18,6-11)10-16;1-4-16(2,3)15(18)19-14-10-6-7-11-12(14)8-5-9-13(11)17;1-4-13(2,3)12(15)18-9-7-5-6-8(16-7)10(9)17-11(6)14/h12-15H,5-11H2,1-4H3;11-12,18H,4-10H2,1-3H3;5-10,17H,4H2,1-3H3;6-10H,4-5H2,1-3H3. The van der Waals surface area contributed by atoms with Crippen LogP contribution in [-0.2, 0) is 47.7 Å². The fourth-order valence-electron chi connectivity index (χ4n) is 14.5. The largest absolute Gasteiger partial charge is 0.507 e. The minimum atomic E-state index is -0.555. The van der Waals surface area contributed by atoms with E-state index in [0.29, 0.717) is 60.5 Å². The van der Waals surface area contributed by atoms with Gasteiger partial charge in [0.05, 0.1) is 39.3 Å². The molecule has 0 radical (unpaired) electrons. The zero-order valence-corrected chi connectivity index (χ0v) is 48.2. The van der Waals surface area contributed by atoms with Crippen molar-refractivity contribution in [2.45, 2.75) is 240 Å². The Bertz CT molecular complexity index is 2440. The average molecular weight is 1060 g/mol. The maximum atomic E-state index is 12.6. The Labute approximate surface area is 452 Å². The third-order valence-electron chi connectivity index (χ3n) is 20.5. The summed E-state index contributed by atoms with van der Waals surface area (Å²) in [6.45, 7) is 25.6. The lowest BCUT2D eigenvalue weighted by Crippen LogP contribution is -2.61. The van der Waals surface area contributed by atoms with Crippen LogP contribution >= 0.6 is 0 Å². The van der Waals surface area contributed by atoms with Crippen molar-refractivity contribution < 1.29 is 62.6 Å². The van der Waals surface area contributed by atoms with Crippen LogP contribution in [-0.4, -0.2) is 81.3 Å². The van der Waals surface area contributed by atoms with Crippen LogP contribution in [0.1, 0.15) is 199 Å². The lowest BCUT2D eigenvalue weighted by Gasteiger charge is -2.60. The van der Waals surface area contributed by atoms with Gasteiger partial charge in [-0.15, -0.1) is 0 Å². The van der Waals surface area contributed by atoms with Crippen molar-refractivity contribution in [2.24, 2.45) is 63.1 Å². The first-order valence-corrected chi connectivity index (χ1v) is 29.3. The van der Waals surface area contributed by atoms with E-state index in [9.17, 15) is 34.2 Å². The molecule has 422 valence electrons. The number of rotatable bonds is 13. The van der Waals surface area contributed by atoms with Gasteiger partial charge in [0.25, 0.3) is 0 Å². The number of aliphatic hydroxyl groups is 1. The van der Waals surface area contributed by atoms with Crippen LogP contribution < -0.4 is 4.74 Å². The number of hydrogen-bond acceptors (Lipinski definition) is 13. The van der Waals surface area contributed by atoms with E-state index < -0.39 is 34.1 Å². The molecule has 13 heteroatoms. The molecule has 8 saturated carbocycles. The van der Waals surface area contributed by atoms with Gasteiger partial charge in [-0.1, -0.05) is 58.9 Å². The van der Waals surface area contributed by atoms with Gasteiger partial charge < -0.3 is 38.6 Å². The van der Waals surface area contributed by atoms with Gasteiger partial charge in [-0.2, -0.15) is 0 Å². The quantitative estimate of drug-likeness (QED) is 0.110. The second kappa shape index (κ2) is 21.4. The van der Waals surface area contributed by atoms with E-state index in [-0.39, 0.29) is 70.3 Å². The molecule has 2 aromatic carbocycles. The van der Waals surface area contributed by atoms with E-state index >= 15 is 0 Å². The maximum Gasteiger partial charge on any atom is 0.316 e. The molecule has 2 N–H and O–H groups in total. The van der Waals surface area contributed by atoms with Crippen molar-refractivity contribution >= 4 is 40.6 Å². The van der Waals surface area contributed by atoms with Gasteiger partial charge >= 0.3 is 29.8 Å². The summed E-state index contributed by atoms with van der Waals surface area (Å²) in [5.41, 5.74) is -2.81. The monoisotopic (exact) mass is 1060 g/mol. The molecule has 11 aliphatic rings. The number of carbonyl (C=O) groups is 5. The first-order chi connectivity index (χ1) is 35.6. The summed E-state index contributed by atoms with van der Waals surface area (Å²) in [6.07, 6.45) is 15.8. The molecule has 13 nitrogen and oxygen atoms in total. The van der Waals surface area contributed by atoms with E-state index in [1.54, 1.807) is 30.3 Å². The first kappa shape index (κ1) is 57.9. The predicted octanol–water partition coefficient (Wildman–Crippen LogP) is 12.6. The van der Waals surface area contributed by atoms with E-state index in [2.05, 4.69) is 13.8 Å². The molecule has 8 aliphatic carbocycles. The summed E-state index contributed by atoms with van der Waals surface area (Å²) in [5.74, 6) is 4.02. The molecule has 11 fully saturated rings. The van der Waals surface area contributed by atoms with E-state index in [1.807, 2.05) is 82.2 Å². The smallest absolute Gasteiger partial charge is 0.316 e. The highest BCUT2D eigenvalue weighted by Crippen LogP contribution is 2.62. The van der Waals surface area contributed by atoms with Crippen LogP contribution in [0.4, 0.5) is 0 Å². The molecule has 7 unspecified atom stereocenters. The van der Waals surface area contributed by atoms with Gasteiger partial charge in [-0.05, 0) is 206 Å². The topological polar surface area (TPSA) is 181 Å². The third kappa shape index (κ3) is 11.3. The van der Waals surface area contributed by atoms with Crippen molar-refractivity contribution in [3.63, 3.8) is 0 Å². The second-order valence-electron chi connectivity index (χ2n) is 27.5. The van der Waals surface area contributed by atoms with Crippen molar-refractivity contribution in [3.8, 4) is 11.5 Å². The molecular formula is C63H92O13. The Kier molecular flexibility index (Phi) is 16.3. The highest BCUT2D eigenvalue weighted by Gasteiger charge is 2.66. The summed E-state index contributed by atoms with van der Waals surface area (Å²) in [7, 11) is 0. The molecule has 3 saturated heterocycles. The molecule has 0 spiro atoms. The lowest BCUT2D eigenvalue weighted by molar-refractivity contribution is -0.225. The highest BCUT2D eigenvalue weighted by atomic mass is 16.7. The predicted molar refractivity (Wildman–Crippen MR) is 289 cm³/mol. The Morgan fingerprint density at radius 3 is 1.64 bits per heavy atom. The van der Waals surface area contributed by atoms with Crippen molar-refractivity contribution in [3.05, 3.63) is 36.4 Å². The second-order valence-corrected chi connectivity index (χ2v) is 27.5. The van der Waals surface area contributed by atoms with Crippen LogP contribution in [0.2, 0.25) is 0 Å². The van der Waals surface area contributed by atoms with Crippen LogP contribution in [0.25, 0.3) is 10.8 Å². The van der Waals surface area contributed by atoms with Gasteiger partial charge in [-0.3, -0.25) is 24.0 Å². The number of fused-ring (bicyclic) bond motifs is 2. The molecule has 0 amide bonds. The molecule has 2 aromatic rings. The Morgan fingerprint density at radius 2 is 1.11 bits per heavy atom. The van der Waals surface area contributed by atoms with Crippen molar-refractivity contribution in [1.82, 2.24) is 0 Å². The average Bonchev–Trinajstić information content (AvgIpc) is 4.01. The van der Waals surface area contributed by atoms with Gasteiger partial charge in [0.1, 0.15) is 28.8 Å². The van der Waals surface area contributed by atoms with E-state index in [4.69, 9.17) is 28.4 Å². The summed E-state index contributed by atoms with van der Waals surface area (Å²) in [4.78, 5) is 60.7. The maximum absolute atomic E-state index is 12.6. The number of phenols is 1. The molecule has 3 heterocycles.